The van der Waals surface area contributed by atoms with Crippen LogP contribution in [0.25, 0.3) is 10.8 Å². The van der Waals surface area contributed by atoms with Crippen LogP contribution in [0.4, 0.5) is 0 Å². The minimum absolute atomic E-state index is 0.242. The molecule has 3 nitrogen and oxygen atoms in total. The van der Waals surface area contributed by atoms with Gasteiger partial charge in [0, 0.05) is 11.9 Å². The zero-order valence-corrected chi connectivity index (χ0v) is 8.53. The molecule has 0 bridgehead atoms. The number of nitrogens with two attached hydrogens (primary N) is 1. The van der Waals surface area contributed by atoms with Crippen LogP contribution in [0.3, 0.4) is 0 Å². The first-order valence-electron chi connectivity index (χ1n) is 4.74. The molecule has 2 aromatic rings. The summed E-state index contributed by atoms with van der Waals surface area (Å²) in [5.74, 6) is 0.977. The maximum absolute atomic E-state index is 9.79. The number of hydrogen-bond acceptors (Lipinski definition) is 3. The van der Waals surface area contributed by atoms with Crippen LogP contribution in [0, 0.1) is 0 Å². The van der Waals surface area contributed by atoms with Crippen molar-refractivity contribution < 1.29 is 9.84 Å². The highest BCUT2D eigenvalue weighted by Crippen LogP contribution is 2.29. The van der Waals surface area contributed by atoms with Crippen LogP contribution in [0.15, 0.2) is 30.3 Å². The maximum Gasteiger partial charge on any atom is 0.123 e. The molecule has 78 valence electrons. The van der Waals surface area contributed by atoms with E-state index < -0.39 is 0 Å². The Morgan fingerprint density at radius 3 is 2.73 bits per heavy atom. The van der Waals surface area contributed by atoms with Gasteiger partial charge in [-0.3, -0.25) is 0 Å². The van der Waals surface area contributed by atoms with Crippen molar-refractivity contribution in [3.05, 3.63) is 35.9 Å². The number of phenols is 1. The number of fused-ring (bicyclic) bond motifs is 1. The first kappa shape index (κ1) is 9.80. The fourth-order valence-electron chi connectivity index (χ4n) is 1.62. The number of methoxy groups -OCH3 is 1. The largest absolute Gasteiger partial charge is 0.507 e. The summed E-state index contributed by atoms with van der Waals surface area (Å²) < 4.78 is 5.10. The monoisotopic (exact) mass is 203 g/mol. The second-order valence-corrected chi connectivity index (χ2v) is 3.41. The highest BCUT2D eigenvalue weighted by molar-refractivity contribution is 5.89. The van der Waals surface area contributed by atoms with Crippen LogP contribution in [0.2, 0.25) is 0 Å². The molecule has 0 saturated carbocycles. The molecule has 3 heteroatoms. The molecule has 0 fully saturated rings. The number of phenolic OH excluding ortho intramolecular Hbond substituents is 1. The highest BCUT2D eigenvalue weighted by atomic mass is 16.5. The van der Waals surface area contributed by atoms with E-state index in [-0.39, 0.29) is 5.75 Å². The lowest BCUT2D eigenvalue weighted by Gasteiger charge is -2.06. The minimum Gasteiger partial charge on any atom is -0.507 e. The fraction of sp³-hybridized carbons (Fsp3) is 0.167. The van der Waals surface area contributed by atoms with Gasteiger partial charge in [0.25, 0.3) is 0 Å². The standard InChI is InChI=1S/C12H13NO2/c1-15-10-3-2-9-4-8(7-13)5-12(14)11(9)6-10/h2-6,14H,7,13H2,1H3. The van der Waals surface area contributed by atoms with Gasteiger partial charge in [0.15, 0.2) is 0 Å². The lowest BCUT2D eigenvalue weighted by Crippen LogP contribution is -1.95. The Labute approximate surface area is 88.1 Å². The quantitative estimate of drug-likeness (QED) is 0.785. The summed E-state index contributed by atoms with van der Waals surface area (Å²) in [5.41, 5.74) is 6.45. The molecular weight excluding hydrogens is 190 g/mol. The molecule has 15 heavy (non-hydrogen) atoms. The molecule has 2 rings (SSSR count). The molecule has 0 aromatic heterocycles. The van der Waals surface area contributed by atoms with Crippen molar-refractivity contribution in [2.24, 2.45) is 5.73 Å². The Hall–Kier alpha value is -1.74. The topological polar surface area (TPSA) is 55.5 Å². The van der Waals surface area contributed by atoms with Crippen molar-refractivity contribution in [1.82, 2.24) is 0 Å². The maximum atomic E-state index is 9.79. The molecule has 2 aromatic carbocycles. The van der Waals surface area contributed by atoms with E-state index in [0.29, 0.717) is 6.54 Å². The summed E-state index contributed by atoms with van der Waals surface area (Å²) in [6.07, 6.45) is 0. The summed E-state index contributed by atoms with van der Waals surface area (Å²) >= 11 is 0. The number of ether oxygens (including phenoxy) is 1. The van der Waals surface area contributed by atoms with Crippen molar-refractivity contribution in [1.29, 1.82) is 0 Å². The predicted molar refractivity (Wildman–Crippen MR) is 60.1 cm³/mol. The number of aromatic hydroxyl groups is 1. The Morgan fingerprint density at radius 1 is 1.27 bits per heavy atom. The van der Waals surface area contributed by atoms with Gasteiger partial charge in [0.1, 0.15) is 11.5 Å². The molecule has 0 atom stereocenters. The van der Waals surface area contributed by atoms with E-state index in [1.807, 2.05) is 24.3 Å². The lowest BCUT2D eigenvalue weighted by molar-refractivity contribution is 0.415. The summed E-state index contributed by atoms with van der Waals surface area (Å²) in [6.45, 7) is 0.426. The first-order valence-corrected chi connectivity index (χ1v) is 4.74. The Balaban J connectivity index is 2.68. The normalized spacial score (nSPS) is 10.5. The molecule has 0 aliphatic rings. The smallest absolute Gasteiger partial charge is 0.123 e. The van der Waals surface area contributed by atoms with Crippen molar-refractivity contribution >= 4 is 10.8 Å². The fourth-order valence-corrected chi connectivity index (χ4v) is 1.62. The van der Waals surface area contributed by atoms with Crippen LogP contribution in [-0.4, -0.2) is 12.2 Å². The van der Waals surface area contributed by atoms with E-state index in [1.165, 1.54) is 0 Å². The number of hydrogen-bond donors (Lipinski definition) is 2. The Morgan fingerprint density at radius 2 is 2.07 bits per heavy atom. The summed E-state index contributed by atoms with van der Waals surface area (Å²) in [4.78, 5) is 0. The van der Waals surface area contributed by atoms with E-state index >= 15 is 0 Å². The van der Waals surface area contributed by atoms with E-state index in [1.54, 1.807) is 13.2 Å². The van der Waals surface area contributed by atoms with Gasteiger partial charge in [-0.2, -0.15) is 0 Å². The third-order valence-electron chi connectivity index (χ3n) is 2.44. The summed E-state index contributed by atoms with van der Waals surface area (Å²) in [7, 11) is 1.60. The molecule has 0 unspecified atom stereocenters. The van der Waals surface area contributed by atoms with Gasteiger partial charge < -0.3 is 15.6 Å². The molecule has 0 radical (unpaired) electrons. The third kappa shape index (κ3) is 1.74. The van der Waals surface area contributed by atoms with E-state index in [4.69, 9.17) is 10.5 Å². The molecule has 3 N–H and O–H groups in total. The van der Waals surface area contributed by atoms with Crippen molar-refractivity contribution in [2.45, 2.75) is 6.54 Å². The third-order valence-corrected chi connectivity index (χ3v) is 2.44. The number of benzene rings is 2. The van der Waals surface area contributed by atoms with Crippen LogP contribution >= 0.6 is 0 Å². The molecule has 0 spiro atoms. The average molecular weight is 203 g/mol. The van der Waals surface area contributed by atoms with Gasteiger partial charge in [-0.1, -0.05) is 6.07 Å². The molecule has 0 amide bonds. The average Bonchev–Trinajstić information content (AvgIpc) is 2.28. The van der Waals surface area contributed by atoms with Gasteiger partial charge in [-0.05, 0) is 35.2 Å². The van der Waals surface area contributed by atoms with Crippen LogP contribution in [0.1, 0.15) is 5.56 Å². The summed E-state index contributed by atoms with van der Waals surface area (Å²) in [6, 6.07) is 9.23. The highest BCUT2D eigenvalue weighted by Gasteiger charge is 2.03. The Kier molecular flexibility index (Phi) is 2.47. The molecule has 0 aliphatic heterocycles. The zero-order chi connectivity index (χ0) is 10.8. The van der Waals surface area contributed by atoms with Gasteiger partial charge >= 0.3 is 0 Å². The van der Waals surface area contributed by atoms with Crippen LogP contribution < -0.4 is 10.5 Å². The zero-order valence-electron chi connectivity index (χ0n) is 8.53. The van der Waals surface area contributed by atoms with Crippen molar-refractivity contribution in [2.75, 3.05) is 7.11 Å². The second kappa shape index (κ2) is 3.79. The number of rotatable bonds is 2. The van der Waals surface area contributed by atoms with Crippen LogP contribution in [0.5, 0.6) is 11.5 Å². The second-order valence-electron chi connectivity index (χ2n) is 3.41. The van der Waals surface area contributed by atoms with E-state index in [0.717, 1.165) is 22.1 Å². The van der Waals surface area contributed by atoms with Gasteiger partial charge in [-0.15, -0.1) is 0 Å². The SMILES string of the molecule is COc1ccc2cc(CN)cc(O)c2c1. The summed E-state index contributed by atoms with van der Waals surface area (Å²) in [5, 5.41) is 11.5. The lowest BCUT2D eigenvalue weighted by atomic mass is 10.1. The minimum atomic E-state index is 0.242. The van der Waals surface area contributed by atoms with Crippen molar-refractivity contribution in [3.63, 3.8) is 0 Å². The van der Waals surface area contributed by atoms with Crippen LogP contribution in [-0.2, 0) is 6.54 Å². The van der Waals surface area contributed by atoms with Crippen molar-refractivity contribution in [3.8, 4) is 11.5 Å². The first-order chi connectivity index (χ1) is 7.24. The van der Waals surface area contributed by atoms with Gasteiger partial charge in [0.2, 0.25) is 0 Å². The molecular formula is C12H13NO2. The van der Waals surface area contributed by atoms with Gasteiger partial charge in [0.05, 0.1) is 7.11 Å². The predicted octanol–water partition coefficient (Wildman–Crippen LogP) is 2.01. The molecule has 0 heterocycles. The van der Waals surface area contributed by atoms with E-state index in [2.05, 4.69) is 0 Å². The molecule has 0 saturated heterocycles. The van der Waals surface area contributed by atoms with Gasteiger partial charge in [-0.25, -0.2) is 0 Å². The molecule has 0 aliphatic carbocycles. The Bertz CT molecular complexity index is 494. The van der Waals surface area contributed by atoms with E-state index in [9.17, 15) is 5.11 Å².